The van der Waals surface area contributed by atoms with Crippen molar-refractivity contribution in [3.05, 3.63) is 0 Å². The topological polar surface area (TPSA) is 23.9 Å². The number of hydrogen-bond donors (Lipinski definition) is 1. The van der Waals surface area contributed by atoms with Crippen molar-refractivity contribution < 1.29 is 0 Å². The van der Waals surface area contributed by atoms with Crippen molar-refractivity contribution in [1.29, 1.82) is 5.41 Å². The summed E-state index contributed by atoms with van der Waals surface area (Å²) in [7, 11) is 0. The van der Waals surface area contributed by atoms with Gasteiger partial charge in [0.1, 0.15) is 0 Å². The largest absolute Gasteiger partial charge is 0.309 e. The Labute approximate surface area is 89.8 Å². The van der Waals surface area contributed by atoms with Crippen molar-refractivity contribution in [3.8, 4) is 0 Å². The van der Waals surface area contributed by atoms with Gasteiger partial charge < -0.3 is 5.41 Å². The molecule has 0 amide bonds. The van der Waals surface area contributed by atoms with Gasteiger partial charge >= 0.3 is 0 Å². The molecule has 0 aromatic rings. The van der Waals surface area contributed by atoms with Gasteiger partial charge in [-0.05, 0) is 24.2 Å². The first-order chi connectivity index (χ1) is 6.41. The Morgan fingerprint density at radius 2 is 1.64 bits per heavy atom. The van der Waals surface area contributed by atoms with Crippen molar-refractivity contribution in [1.82, 2.24) is 0 Å². The zero-order valence-corrected chi connectivity index (χ0v) is 10.6. The standard InChI is InChI=1S/C13H27N/c1-6-11(7-2)9-8-10-12(14)13(3,4)5/h11,14H,6-10H2,1-5H3. The lowest BCUT2D eigenvalue weighted by Gasteiger charge is -2.20. The van der Waals surface area contributed by atoms with Crippen LogP contribution in [0, 0.1) is 16.7 Å². The van der Waals surface area contributed by atoms with E-state index in [0.29, 0.717) is 0 Å². The molecule has 14 heavy (non-hydrogen) atoms. The Kier molecular flexibility index (Phi) is 6.06. The summed E-state index contributed by atoms with van der Waals surface area (Å²) in [5.41, 5.74) is 0.983. The molecule has 1 N–H and O–H groups in total. The third kappa shape index (κ3) is 5.41. The predicted molar refractivity (Wildman–Crippen MR) is 65.1 cm³/mol. The summed E-state index contributed by atoms with van der Waals surface area (Å²) in [6, 6.07) is 0. The van der Waals surface area contributed by atoms with Crippen LogP contribution in [-0.2, 0) is 0 Å². The fourth-order valence-corrected chi connectivity index (χ4v) is 1.64. The molecule has 0 saturated heterocycles. The first-order valence-corrected chi connectivity index (χ1v) is 5.99. The van der Waals surface area contributed by atoms with Crippen LogP contribution in [0.1, 0.15) is 66.7 Å². The molecule has 0 radical (unpaired) electrons. The van der Waals surface area contributed by atoms with Crippen LogP contribution in [0.25, 0.3) is 0 Å². The maximum absolute atomic E-state index is 7.90. The predicted octanol–water partition coefficient (Wildman–Crippen LogP) is 4.66. The second-order valence-electron chi connectivity index (χ2n) is 5.30. The van der Waals surface area contributed by atoms with Crippen molar-refractivity contribution in [2.75, 3.05) is 0 Å². The number of rotatable bonds is 6. The lowest BCUT2D eigenvalue weighted by atomic mass is 9.86. The van der Waals surface area contributed by atoms with E-state index in [-0.39, 0.29) is 5.41 Å². The molecule has 0 rings (SSSR count). The smallest absolute Gasteiger partial charge is 0.0143 e. The van der Waals surface area contributed by atoms with Gasteiger partial charge in [-0.1, -0.05) is 53.9 Å². The van der Waals surface area contributed by atoms with Crippen LogP contribution in [-0.4, -0.2) is 5.71 Å². The van der Waals surface area contributed by atoms with Crippen molar-refractivity contribution in [3.63, 3.8) is 0 Å². The van der Waals surface area contributed by atoms with E-state index in [4.69, 9.17) is 5.41 Å². The molecule has 0 aliphatic carbocycles. The summed E-state index contributed by atoms with van der Waals surface area (Å²) in [4.78, 5) is 0. The third-order valence-electron chi connectivity index (χ3n) is 3.10. The molecule has 0 atom stereocenters. The van der Waals surface area contributed by atoms with Gasteiger partial charge in [0, 0.05) is 5.71 Å². The highest BCUT2D eigenvalue weighted by Crippen LogP contribution is 2.21. The Morgan fingerprint density at radius 1 is 1.14 bits per heavy atom. The Hall–Kier alpha value is -0.330. The molecule has 0 fully saturated rings. The molecule has 0 bridgehead atoms. The minimum absolute atomic E-state index is 0.0773. The third-order valence-corrected chi connectivity index (χ3v) is 3.10. The van der Waals surface area contributed by atoms with Crippen LogP contribution in [0.15, 0.2) is 0 Å². The van der Waals surface area contributed by atoms with Crippen molar-refractivity contribution in [2.45, 2.75) is 66.7 Å². The second-order valence-corrected chi connectivity index (χ2v) is 5.30. The lowest BCUT2D eigenvalue weighted by Crippen LogP contribution is -2.19. The van der Waals surface area contributed by atoms with Crippen molar-refractivity contribution in [2.24, 2.45) is 11.3 Å². The fourth-order valence-electron chi connectivity index (χ4n) is 1.64. The maximum atomic E-state index is 7.90. The lowest BCUT2D eigenvalue weighted by molar-refractivity contribution is 0.440. The molecule has 0 aromatic heterocycles. The van der Waals surface area contributed by atoms with Crippen LogP contribution in [0.2, 0.25) is 0 Å². The highest BCUT2D eigenvalue weighted by atomic mass is 14.5. The van der Waals surface area contributed by atoms with E-state index < -0.39 is 0 Å². The first kappa shape index (κ1) is 13.7. The first-order valence-electron chi connectivity index (χ1n) is 5.99. The quantitative estimate of drug-likeness (QED) is 0.599. The summed E-state index contributed by atoms with van der Waals surface area (Å²) in [5, 5.41) is 7.90. The van der Waals surface area contributed by atoms with Crippen LogP contribution >= 0.6 is 0 Å². The van der Waals surface area contributed by atoms with Crippen LogP contribution in [0.5, 0.6) is 0 Å². The van der Waals surface area contributed by atoms with E-state index in [1.54, 1.807) is 0 Å². The molecule has 0 unspecified atom stereocenters. The normalized spacial score (nSPS) is 12.1. The van der Waals surface area contributed by atoms with Crippen molar-refractivity contribution >= 4 is 5.71 Å². The molecule has 0 aliphatic heterocycles. The zero-order chi connectivity index (χ0) is 11.2. The molecule has 0 aliphatic rings. The average molecular weight is 197 g/mol. The average Bonchev–Trinajstić information content (AvgIpc) is 2.10. The molecule has 1 heteroatoms. The Morgan fingerprint density at radius 3 is 2.00 bits per heavy atom. The molecular weight excluding hydrogens is 170 g/mol. The zero-order valence-electron chi connectivity index (χ0n) is 10.6. The van der Waals surface area contributed by atoms with Gasteiger partial charge in [0.05, 0.1) is 0 Å². The second kappa shape index (κ2) is 6.21. The summed E-state index contributed by atoms with van der Waals surface area (Å²) in [5.74, 6) is 0.878. The van der Waals surface area contributed by atoms with E-state index in [2.05, 4.69) is 34.6 Å². The molecule has 0 spiro atoms. The summed E-state index contributed by atoms with van der Waals surface area (Å²) in [6.45, 7) is 10.9. The Balaban J connectivity index is 3.69. The van der Waals surface area contributed by atoms with Gasteiger partial charge in [0.25, 0.3) is 0 Å². The van der Waals surface area contributed by atoms with E-state index in [1.807, 2.05) is 0 Å². The van der Waals surface area contributed by atoms with Gasteiger partial charge in [0.15, 0.2) is 0 Å². The summed E-state index contributed by atoms with van der Waals surface area (Å²) in [6.07, 6.45) is 6.06. The van der Waals surface area contributed by atoms with Crippen LogP contribution in [0.3, 0.4) is 0 Å². The molecule has 1 nitrogen and oxygen atoms in total. The highest BCUT2D eigenvalue weighted by Gasteiger charge is 2.16. The van der Waals surface area contributed by atoms with Gasteiger partial charge in [-0.3, -0.25) is 0 Å². The molecular formula is C13H27N. The SMILES string of the molecule is CCC(CC)CCCC(=N)C(C)(C)C. The van der Waals surface area contributed by atoms with Gasteiger partial charge in [0.2, 0.25) is 0 Å². The maximum Gasteiger partial charge on any atom is 0.0143 e. The molecule has 0 aromatic carbocycles. The molecule has 0 saturated carbocycles. The minimum Gasteiger partial charge on any atom is -0.309 e. The Bertz CT molecular complexity index is 161. The fraction of sp³-hybridized carbons (Fsp3) is 0.923. The highest BCUT2D eigenvalue weighted by molar-refractivity contribution is 5.86. The van der Waals surface area contributed by atoms with E-state index in [0.717, 1.165) is 18.1 Å². The summed E-state index contributed by atoms with van der Waals surface area (Å²) >= 11 is 0. The van der Waals surface area contributed by atoms with Crippen LogP contribution in [0.4, 0.5) is 0 Å². The monoisotopic (exact) mass is 197 g/mol. The number of hydrogen-bond acceptors (Lipinski definition) is 1. The number of nitrogens with one attached hydrogen (secondary N) is 1. The van der Waals surface area contributed by atoms with Gasteiger partial charge in [-0.15, -0.1) is 0 Å². The summed E-state index contributed by atoms with van der Waals surface area (Å²) < 4.78 is 0. The van der Waals surface area contributed by atoms with E-state index >= 15 is 0 Å². The van der Waals surface area contributed by atoms with Crippen LogP contribution < -0.4 is 0 Å². The van der Waals surface area contributed by atoms with E-state index in [1.165, 1.54) is 25.7 Å². The minimum atomic E-state index is 0.0773. The van der Waals surface area contributed by atoms with E-state index in [9.17, 15) is 0 Å². The van der Waals surface area contributed by atoms with Gasteiger partial charge in [-0.2, -0.15) is 0 Å². The van der Waals surface area contributed by atoms with Gasteiger partial charge in [-0.25, -0.2) is 0 Å². The molecule has 0 heterocycles. The molecule has 84 valence electrons.